The van der Waals surface area contributed by atoms with Crippen molar-refractivity contribution < 1.29 is 4.74 Å². The van der Waals surface area contributed by atoms with Gasteiger partial charge >= 0.3 is 0 Å². The van der Waals surface area contributed by atoms with E-state index in [1.165, 1.54) is 21.0 Å². The average Bonchev–Trinajstić information content (AvgIpc) is 2.45. The molecule has 0 unspecified atom stereocenters. The Hall–Kier alpha value is -1.14. The minimum atomic E-state index is 0.607. The van der Waals surface area contributed by atoms with E-state index < -0.39 is 0 Å². The summed E-state index contributed by atoms with van der Waals surface area (Å²) in [6.45, 7) is 2.72. The Bertz CT molecular complexity index is 670. The first-order valence-corrected chi connectivity index (χ1v) is 8.40. The predicted molar refractivity (Wildman–Crippen MR) is 93.7 cm³/mol. The van der Waals surface area contributed by atoms with Gasteiger partial charge in [0.15, 0.2) is 0 Å². The van der Waals surface area contributed by atoms with Crippen molar-refractivity contribution in [1.82, 2.24) is 0 Å². The van der Waals surface area contributed by atoms with Gasteiger partial charge in [0.05, 0.1) is 11.4 Å². The Balaban J connectivity index is 1.85. The molecule has 2 aromatic rings. The van der Waals surface area contributed by atoms with E-state index >= 15 is 0 Å². The monoisotopic (exact) mass is 395 g/mol. The molecule has 2 nitrogen and oxygen atoms in total. The minimum absolute atomic E-state index is 0.607. The number of benzene rings is 2. The van der Waals surface area contributed by atoms with Crippen LogP contribution >= 0.6 is 34.4 Å². The molecule has 1 heterocycles. The normalized spacial score (nSPS) is 12.7. The maximum atomic E-state index is 5.69. The van der Waals surface area contributed by atoms with E-state index in [2.05, 4.69) is 65.2 Å². The molecule has 1 N–H and O–H groups in total. The van der Waals surface area contributed by atoms with Gasteiger partial charge in [0.2, 0.25) is 0 Å². The van der Waals surface area contributed by atoms with Gasteiger partial charge in [-0.05, 0) is 53.0 Å². The van der Waals surface area contributed by atoms with Crippen molar-refractivity contribution in [3.05, 3.63) is 52.1 Å². The SMILES string of the molecule is Cc1ccc2c(c1)Sc1cc(OC/C=C/I)ccc1N2. The fourth-order valence-corrected chi connectivity index (χ4v) is 3.36. The highest BCUT2D eigenvalue weighted by atomic mass is 127. The van der Waals surface area contributed by atoms with Crippen molar-refractivity contribution >= 4 is 45.7 Å². The fourth-order valence-electron chi connectivity index (χ4n) is 2.04. The van der Waals surface area contributed by atoms with Crippen LogP contribution in [0.2, 0.25) is 0 Å². The highest BCUT2D eigenvalue weighted by molar-refractivity contribution is 14.1. The van der Waals surface area contributed by atoms with Gasteiger partial charge in [0.1, 0.15) is 12.4 Å². The number of halogens is 1. The third-order valence-corrected chi connectivity index (χ3v) is 4.64. The molecule has 1 aliphatic heterocycles. The molecule has 0 atom stereocenters. The molecule has 0 aliphatic carbocycles. The van der Waals surface area contributed by atoms with Crippen LogP contribution < -0.4 is 10.1 Å². The first-order chi connectivity index (χ1) is 9.76. The molecule has 0 fully saturated rings. The van der Waals surface area contributed by atoms with Crippen molar-refractivity contribution in [3.63, 3.8) is 0 Å². The molecule has 0 amide bonds. The first-order valence-electron chi connectivity index (χ1n) is 6.34. The Morgan fingerprint density at radius 1 is 1.15 bits per heavy atom. The molecule has 20 heavy (non-hydrogen) atoms. The van der Waals surface area contributed by atoms with E-state index in [0.29, 0.717) is 6.61 Å². The lowest BCUT2D eigenvalue weighted by Gasteiger charge is -2.21. The number of anilines is 2. The van der Waals surface area contributed by atoms with Gasteiger partial charge in [-0.2, -0.15) is 0 Å². The van der Waals surface area contributed by atoms with Gasteiger partial charge in [-0.15, -0.1) is 0 Å². The summed E-state index contributed by atoms with van der Waals surface area (Å²) in [6.07, 6.45) is 1.99. The van der Waals surface area contributed by atoms with Crippen molar-refractivity contribution in [1.29, 1.82) is 0 Å². The summed E-state index contributed by atoms with van der Waals surface area (Å²) in [4.78, 5) is 2.47. The number of hydrogen-bond acceptors (Lipinski definition) is 3. The van der Waals surface area contributed by atoms with Gasteiger partial charge in [0, 0.05) is 9.79 Å². The lowest BCUT2D eigenvalue weighted by atomic mass is 10.2. The second kappa shape index (κ2) is 6.10. The summed E-state index contributed by atoms with van der Waals surface area (Å²) >= 11 is 3.98. The van der Waals surface area contributed by atoms with Crippen LogP contribution in [-0.2, 0) is 0 Å². The van der Waals surface area contributed by atoms with Crippen LogP contribution in [0.25, 0.3) is 0 Å². The summed E-state index contributed by atoms with van der Waals surface area (Å²) in [6, 6.07) is 12.7. The Morgan fingerprint density at radius 2 is 1.90 bits per heavy atom. The Kier molecular flexibility index (Phi) is 4.21. The number of hydrogen-bond donors (Lipinski definition) is 1. The molecule has 0 radical (unpaired) electrons. The van der Waals surface area contributed by atoms with Crippen molar-refractivity contribution in [3.8, 4) is 5.75 Å². The maximum absolute atomic E-state index is 5.69. The van der Waals surface area contributed by atoms with E-state index in [9.17, 15) is 0 Å². The molecule has 102 valence electrons. The zero-order chi connectivity index (χ0) is 13.9. The molecular weight excluding hydrogens is 381 g/mol. The smallest absolute Gasteiger partial charge is 0.121 e. The molecule has 0 aromatic heterocycles. The minimum Gasteiger partial charge on any atom is -0.489 e. The molecular formula is C16H14INOS. The van der Waals surface area contributed by atoms with Gasteiger partial charge < -0.3 is 10.1 Å². The third-order valence-electron chi connectivity index (χ3n) is 3.01. The molecule has 4 heteroatoms. The van der Waals surface area contributed by atoms with Gasteiger partial charge in [-0.3, -0.25) is 0 Å². The fraction of sp³-hybridized carbons (Fsp3) is 0.125. The topological polar surface area (TPSA) is 21.3 Å². The van der Waals surface area contributed by atoms with Crippen molar-refractivity contribution in [2.45, 2.75) is 16.7 Å². The number of aryl methyl sites for hydroxylation is 1. The summed E-state index contributed by atoms with van der Waals surface area (Å²) in [5.74, 6) is 0.906. The maximum Gasteiger partial charge on any atom is 0.121 e. The van der Waals surface area contributed by atoms with Gasteiger partial charge in [0.25, 0.3) is 0 Å². The first kappa shape index (κ1) is 13.8. The number of nitrogens with one attached hydrogen (secondary N) is 1. The molecule has 0 saturated heterocycles. The van der Waals surface area contributed by atoms with Crippen LogP contribution in [0.4, 0.5) is 11.4 Å². The van der Waals surface area contributed by atoms with E-state index in [1.54, 1.807) is 11.8 Å². The predicted octanol–water partition coefficient (Wildman–Crippen LogP) is 5.53. The van der Waals surface area contributed by atoms with E-state index in [0.717, 1.165) is 11.4 Å². The van der Waals surface area contributed by atoms with Crippen molar-refractivity contribution in [2.24, 2.45) is 0 Å². The zero-order valence-corrected chi connectivity index (χ0v) is 14.0. The van der Waals surface area contributed by atoms with Crippen LogP contribution in [0, 0.1) is 6.92 Å². The highest BCUT2D eigenvalue weighted by Crippen LogP contribution is 2.45. The molecule has 1 aliphatic rings. The van der Waals surface area contributed by atoms with E-state index in [-0.39, 0.29) is 0 Å². The summed E-state index contributed by atoms with van der Waals surface area (Å²) in [5, 5.41) is 3.47. The lowest BCUT2D eigenvalue weighted by molar-refractivity contribution is 0.362. The second-order valence-electron chi connectivity index (χ2n) is 4.56. The molecule has 2 aromatic carbocycles. The van der Waals surface area contributed by atoms with Crippen LogP contribution in [0.15, 0.2) is 56.3 Å². The number of rotatable bonds is 3. The third kappa shape index (κ3) is 2.96. The molecule has 0 spiro atoms. The number of ether oxygens (including phenoxy) is 1. The zero-order valence-electron chi connectivity index (χ0n) is 11.0. The second-order valence-corrected chi connectivity index (χ2v) is 6.36. The molecule has 3 rings (SSSR count). The van der Waals surface area contributed by atoms with Crippen LogP contribution in [-0.4, -0.2) is 6.61 Å². The number of fused-ring (bicyclic) bond motifs is 2. The average molecular weight is 395 g/mol. The lowest BCUT2D eigenvalue weighted by Crippen LogP contribution is -2.01. The summed E-state index contributed by atoms with van der Waals surface area (Å²) in [5.41, 5.74) is 3.60. The molecule has 0 saturated carbocycles. The highest BCUT2D eigenvalue weighted by Gasteiger charge is 2.16. The molecule has 0 bridgehead atoms. The Labute approximate surface area is 136 Å². The van der Waals surface area contributed by atoms with Crippen LogP contribution in [0.1, 0.15) is 5.56 Å². The quantitative estimate of drug-likeness (QED) is 0.590. The summed E-state index contributed by atoms with van der Waals surface area (Å²) in [7, 11) is 0. The largest absolute Gasteiger partial charge is 0.489 e. The van der Waals surface area contributed by atoms with Gasteiger partial charge in [-0.25, -0.2) is 0 Å². The summed E-state index contributed by atoms with van der Waals surface area (Å²) < 4.78 is 7.66. The van der Waals surface area contributed by atoms with Crippen molar-refractivity contribution in [2.75, 3.05) is 11.9 Å². The Morgan fingerprint density at radius 3 is 2.70 bits per heavy atom. The standard InChI is InChI=1S/C16H14INOS/c1-11-3-5-13-15(9-11)20-16-10-12(19-8-2-7-17)4-6-14(16)18-13/h2-7,9-10,18H,8H2,1H3/b7-2+. The van der Waals surface area contributed by atoms with E-state index in [4.69, 9.17) is 4.74 Å². The van der Waals surface area contributed by atoms with Crippen LogP contribution in [0.3, 0.4) is 0 Å². The van der Waals surface area contributed by atoms with Crippen LogP contribution in [0.5, 0.6) is 5.75 Å². The van der Waals surface area contributed by atoms with Gasteiger partial charge in [-0.1, -0.05) is 40.4 Å². The van der Waals surface area contributed by atoms with E-state index in [1.807, 2.05) is 16.2 Å².